The van der Waals surface area contributed by atoms with Gasteiger partial charge in [-0.15, -0.1) is 0 Å². The Balaban J connectivity index is 1.74. The molecule has 1 aliphatic heterocycles. The van der Waals surface area contributed by atoms with Gasteiger partial charge in [0.2, 0.25) is 5.95 Å². The molecule has 0 radical (unpaired) electrons. The van der Waals surface area contributed by atoms with Gasteiger partial charge in [0.15, 0.2) is 0 Å². The molecule has 4 nitrogen and oxygen atoms in total. The predicted molar refractivity (Wildman–Crippen MR) is 81.8 cm³/mol. The van der Waals surface area contributed by atoms with Gasteiger partial charge < -0.3 is 10.6 Å². The van der Waals surface area contributed by atoms with Gasteiger partial charge in [-0.05, 0) is 49.5 Å². The van der Waals surface area contributed by atoms with Crippen molar-refractivity contribution < 1.29 is 0 Å². The number of aryl methyl sites for hydroxylation is 1. The topological polar surface area (TPSA) is 55.0 Å². The Morgan fingerprint density at radius 1 is 1.25 bits per heavy atom. The van der Waals surface area contributed by atoms with Crippen molar-refractivity contribution in [2.24, 2.45) is 17.6 Å². The lowest BCUT2D eigenvalue weighted by Gasteiger charge is -2.32. The summed E-state index contributed by atoms with van der Waals surface area (Å²) in [5.41, 5.74) is 8.61. The monoisotopic (exact) mass is 274 g/mol. The lowest BCUT2D eigenvalue weighted by molar-refractivity contribution is 0.339. The van der Waals surface area contributed by atoms with Gasteiger partial charge in [-0.1, -0.05) is 13.8 Å². The zero-order valence-electron chi connectivity index (χ0n) is 12.7. The molecule has 4 heteroatoms. The van der Waals surface area contributed by atoms with Gasteiger partial charge in [-0.2, -0.15) is 0 Å². The van der Waals surface area contributed by atoms with Crippen LogP contribution in [0.2, 0.25) is 0 Å². The first kappa shape index (κ1) is 13.8. The summed E-state index contributed by atoms with van der Waals surface area (Å²) in [5, 5.41) is 0. The van der Waals surface area contributed by atoms with Crippen LogP contribution in [0.25, 0.3) is 0 Å². The molecule has 1 saturated heterocycles. The molecule has 3 rings (SSSR count). The van der Waals surface area contributed by atoms with E-state index in [2.05, 4.69) is 29.9 Å². The number of rotatable bonds is 2. The van der Waals surface area contributed by atoms with E-state index in [4.69, 9.17) is 10.7 Å². The summed E-state index contributed by atoms with van der Waals surface area (Å²) in [6, 6.07) is 0.357. The van der Waals surface area contributed by atoms with E-state index < -0.39 is 0 Å². The van der Waals surface area contributed by atoms with E-state index in [-0.39, 0.29) is 0 Å². The first-order chi connectivity index (χ1) is 9.63. The van der Waals surface area contributed by atoms with E-state index >= 15 is 0 Å². The number of aromatic nitrogens is 2. The molecule has 2 aliphatic rings. The van der Waals surface area contributed by atoms with Gasteiger partial charge in [0.05, 0.1) is 0 Å². The highest BCUT2D eigenvalue weighted by Crippen LogP contribution is 2.30. The molecule has 2 heterocycles. The molecule has 1 unspecified atom stereocenters. The van der Waals surface area contributed by atoms with E-state index in [1.54, 1.807) is 0 Å². The molecule has 20 heavy (non-hydrogen) atoms. The van der Waals surface area contributed by atoms with Gasteiger partial charge in [-0.3, -0.25) is 0 Å². The molecule has 0 bridgehead atoms. The van der Waals surface area contributed by atoms with E-state index in [9.17, 15) is 0 Å². The minimum absolute atomic E-state index is 0.357. The van der Waals surface area contributed by atoms with E-state index in [0.29, 0.717) is 6.04 Å². The molecular formula is C16H26N4. The van der Waals surface area contributed by atoms with Crippen molar-refractivity contribution in [3.63, 3.8) is 0 Å². The zero-order valence-corrected chi connectivity index (χ0v) is 12.7. The van der Waals surface area contributed by atoms with Crippen LogP contribution in [0.4, 0.5) is 5.95 Å². The Bertz CT molecular complexity index is 464. The minimum Gasteiger partial charge on any atom is -0.341 e. The molecule has 1 aromatic rings. The van der Waals surface area contributed by atoms with E-state index in [0.717, 1.165) is 56.6 Å². The van der Waals surface area contributed by atoms with Crippen LogP contribution in [0, 0.1) is 11.8 Å². The van der Waals surface area contributed by atoms with Crippen LogP contribution in [-0.4, -0.2) is 29.1 Å². The third-order valence-corrected chi connectivity index (χ3v) is 4.94. The summed E-state index contributed by atoms with van der Waals surface area (Å²) < 4.78 is 0. The number of nitrogens with zero attached hydrogens (tertiary/aromatic N) is 3. The van der Waals surface area contributed by atoms with Crippen molar-refractivity contribution in [1.29, 1.82) is 0 Å². The second kappa shape index (κ2) is 5.68. The lowest BCUT2D eigenvalue weighted by Crippen LogP contribution is -2.40. The van der Waals surface area contributed by atoms with Crippen LogP contribution >= 0.6 is 0 Å². The quantitative estimate of drug-likeness (QED) is 0.898. The molecule has 0 saturated carbocycles. The van der Waals surface area contributed by atoms with Crippen molar-refractivity contribution in [3.05, 3.63) is 17.5 Å². The smallest absolute Gasteiger partial charge is 0.225 e. The summed E-state index contributed by atoms with van der Waals surface area (Å²) >= 11 is 0. The maximum atomic E-state index is 5.96. The van der Waals surface area contributed by atoms with Gasteiger partial charge in [-0.25, -0.2) is 9.97 Å². The third kappa shape index (κ3) is 2.80. The van der Waals surface area contributed by atoms with Crippen LogP contribution in [0.5, 0.6) is 0 Å². The Morgan fingerprint density at radius 3 is 2.70 bits per heavy atom. The Kier molecular flexibility index (Phi) is 3.92. The Hall–Kier alpha value is -1.16. The molecule has 1 atom stereocenters. The first-order valence-electron chi connectivity index (χ1n) is 7.99. The van der Waals surface area contributed by atoms with E-state index in [1.807, 2.05) is 0 Å². The largest absolute Gasteiger partial charge is 0.341 e. The average molecular weight is 274 g/mol. The number of piperidine rings is 1. The molecular weight excluding hydrogens is 248 g/mol. The minimum atomic E-state index is 0.357. The molecule has 1 fully saturated rings. The Labute approximate surface area is 121 Å². The fourth-order valence-corrected chi connectivity index (χ4v) is 3.35. The highest BCUT2D eigenvalue weighted by atomic mass is 15.3. The van der Waals surface area contributed by atoms with Crippen molar-refractivity contribution >= 4 is 5.95 Å². The number of hydrogen-bond donors (Lipinski definition) is 1. The molecule has 1 aliphatic carbocycles. The van der Waals surface area contributed by atoms with Crippen molar-refractivity contribution in [2.45, 2.75) is 52.0 Å². The summed E-state index contributed by atoms with van der Waals surface area (Å²) in [7, 11) is 0. The summed E-state index contributed by atoms with van der Waals surface area (Å²) in [4.78, 5) is 11.7. The van der Waals surface area contributed by atoms with Crippen molar-refractivity contribution in [2.75, 3.05) is 18.0 Å². The van der Waals surface area contributed by atoms with Crippen molar-refractivity contribution in [1.82, 2.24) is 9.97 Å². The second-order valence-electron chi connectivity index (χ2n) is 6.71. The highest BCUT2D eigenvalue weighted by molar-refractivity contribution is 5.35. The summed E-state index contributed by atoms with van der Waals surface area (Å²) in [5.74, 6) is 2.47. The summed E-state index contributed by atoms with van der Waals surface area (Å²) in [6.45, 7) is 6.63. The second-order valence-corrected chi connectivity index (χ2v) is 6.71. The number of nitrogens with two attached hydrogens (primary N) is 1. The maximum absolute atomic E-state index is 5.96. The molecule has 110 valence electrons. The van der Waals surface area contributed by atoms with E-state index in [1.165, 1.54) is 17.7 Å². The van der Waals surface area contributed by atoms with Crippen molar-refractivity contribution in [3.8, 4) is 0 Å². The Morgan fingerprint density at radius 2 is 2.00 bits per heavy atom. The van der Waals surface area contributed by atoms with Crippen LogP contribution in [0.3, 0.4) is 0 Å². The predicted octanol–water partition coefficient (Wildman–Crippen LogP) is 2.17. The molecule has 0 spiro atoms. The molecule has 2 N–H and O–H groups in total. The molecule has 0 aromatic carbocycles. The van der Waals surface area contributed by atoms with Gasteiger partial charge in [0.25, 0.3) is 0 Å². The average Bonchev–Trinajstić information content (AvgIpc) is 2.47. The fraction of sp³-hybridized carbons (Fsp3) is 0.750. The normalized spacial score (nSPS) is 24.0. The van der Waals surface area contributed by atoms with Crippen LogP contribution in [0.1, 0.15) is 44.4 Å². The van der Waals surface area contributed by atoms with Gasteiger partial charge in [0.1, 0.15) is 0 Å². The SMILES string of the molecule is CC(C)C1CCc2nc(N3CCC(N)CC3)ncc2C1. The number of anilines is 1. The van der Waals surface area contributed by atoms with Gasteiger partial charge >= 0.3 is 0 Å². The lowest BCUT2D eigenvalue weighted by atomic mass is 9.80. The van der Waals surface area contributed by atoms with Gasteiger partial charge in [0, 0.05) is 31.0 Å². The highest BCUT2D eigenvalue weighted by Gasteiger charge is 2.24. The fourth-order valence-electron chi connectivity index (χ4n) is 3.35. The molecule has 0 amide bonds. The zero-order chi connectivity index (χ0) is 14.1. The van der Waals surface area contributed by atoms with Crippen LogP contribution < -0.4 is 10.6 Å². The number of hydrogen-bond acceptors (Lipinski definition) is 4. The number of fused-ring (bicyclic) bond motifs is 1. The maximum Gasteiger partial charge on any atom is 0.225 e. The van der Waals surface area contributed by atoms with Crippen LogP contribution in [0.15, 0.2) is 6.20 Å². The summed E-state index contributed by atoms with van der Waals surface area (Å²) in [6.07, 6.45) is 7.71. The van der Waals surface area contributed by atoms with Crippen LogP contribution in [-0.2, 0) is 12.8 Å². The standard InChI is InChI=1S/C16H26N4/c1-11(2)12-3-4-15-13(9-12)10-18-16(19-15)20-7-5-14(17)6-8-20/h10-12,14H,3-9,17H2,1-2H3. The first-order valence-corrected chi connectivity index (χ1v) is 7.99. The third-order valence-electron chi connectivity index (χ3n) is 4.94. The molecule has 1 aromatic heterocycles.